The van der Waals surface area contributed by atoms with Gasteiger partial charge in [0.15, 0.2) is 0 Å². The van der Waals surface area contributed by atoms with Gasteiger partial charge in [0.1, 0.15) is 11.5 Å². The standard InChI is InChI=1S/C26H22N2O3/c27-20-11-5-19(6-12-20)26(31)28-24-4-2-1-3-23(24)25(17-7-13-21(29)14-8-17)18-9-15-22(30)16-10-18/h1-16,25,29-30H,27H2,(H,28,31). The molecular formula is C26H22N2O3. The number of nitrogens with two attached hydrogens (primary N) is 1. The smallest absolute Gasteiger partial charge is 0.255 e. The largest absolute Gasteiger partial charge is 0.508 e. The molecule has 0 atom stereocenters. The molecular weight excluding hydrogens is 388 g/mol. The number of hydrogen-bond donors (Lipinski definition) is 4. The summed E-state index contributed by atoms with van der Waals surface area (Å²) in [5, 5.41) is 22.5. The summed E-state index contributed by atoms with van der Waals surface area (Å²) in [7, 11) is 0. The first kappa shape index (κ1) is 20.0. The van der Waals surface area contributed by atoms with E-state index in [2.05, 4.69) is 5.32 Å². The van der Waals surface area contributed by atoms with Crippen molar-refractivity contribution >= 4 is 17.3 Å². The van der Waals surface area contributed by atoms with Gasteiger partial charge in [0.2, 0.25) is 0 Å². The molecule has 154 valence electrons. The first-order valence-corrected chi connectivity index (χ1v) is 9.85. The van der Waals surface area contributed by atoms with Crippen LogP contribution in [-0.2, 0) is 0 Å². The molecule has 0 saturated carbocycles. The summed E-state index contributed by atoms with van der Waals surface area (Å²) >= 11 is 0. The summed E-state index contributed by atoms with van der Waals surface area (Å²) in [6.07, 6.45) is 0. The van der Waals surface area contributed by atoms with E-state index in [1.54, 1.807) is 48.5 Å². The first-order valence-electron chi connectivity index (χ1n) is 9.85. The second kappa shape index (κ2) is 8.63. The van der Waals surface area contributed by atoms with Crippen LogP contribution in [-0.4, -0.2) is 16.1 Å². The first-order chi connectivity index (χ1) is 15.0. The predicted molar refractivity (Wildman–Crippen MR) is 122 cm³/mol. The highest BCUT2D eigenvalue weighted by molar-refractivity contribution is 6.05. The number of para-hydroxylation sites is 1. The molecule has 0 unspecified atom stereocenters. The molecule has 0 heterocycles. The number of hydrogen-bond acceptors (Lipinski definition) is 4. The van der Waals surface area contributed by atoms with Crippen LogP contribution in [0.25, 0.3) is 0 Å². The molecule has 5 N–H and O–H groups in total. The molecule has 0 fully saturated rings. The van der Waals surface area contributed by atoms with Crippen molar-refractivity contribution in [2.45, 2.75) is 5.92 Å². The molecule has 31 heavy (non-hydrogen) atoms. The fourth-order valence-electron chi connectivity index (χ4n) is 3.58. The number of nitrogens with one attached hydrogen (secondary N) is 1. The average Bonchev–Trinajstić information content (AvgIpc) is 2.78. The van der Waals surface area contributed by atoms with Crippen LogP contribution < -0.4 is 11.1 Å². The lowest BCUT2D eigenvalue weighted by atomic mass is 9.84. The van der Waals surface area contributed by atoms with Crippen LogP contribution in [0.5, 0.6) is 11.5 Å². The number of amides is 1. The number of anilines is 2. The van der Waals surface area contributed by atoms with E-state index in [0.717, 1.165) is 16.7 Å². The van der Waals surface area contributed by atoms with Crippen molar-refractivity contribution in [1.29, 1.82) is 0 Å². The minimum absolute atomic E-state index is 0.179. The molecule has 0 saturated heterocycles. The number of nitrogen functional groups attached to an aromatic ring is 1. The van der Waals surface area contributed by atoms with Crippen LogP contribution in [0.4, 0.5) is 11.4 Å². The number of aromatic hydroxyl groups is 2. The molecule has 0 aliphatic heterocycles. The number of phenols is 2. The second-order valence-electron chi connectivity index (χ2n) is 7.28. The molecule has 0 radical (unpaired) electrons. The van der Waals surface area contributed by atoms with Crippen LogP contribution in [0.1, 0.15) is 33.0 Å². The lowest BCUT2D eigenvalue weighted by Gasteiger charge is -2.22. The molecule has 0 aromatic heterocycles. The Labute approximate surface area is 180 Å². The topological polar surface area (TPSA) is 95.6 Å². The molecule has 4 aromatic rings. The van der Waals surface area contributed by atoms with Crippen molar-refractivity contribution in [1.82, 2.24) is 0 Å². The Balaban J connectivity index is 1.77. The van der Waals surface area contributed by atoms with Gasteiger partial charge in [-0.3, -0.25) is 4.79 Å². The van der Waals surface area contributed by atoms with Crippen molar-refractivity contribution in [2.75, 3.05) is 11.1 Å². The highest BCUT2D eigenvalue weighted by Gasteiger charge is 2.21. The Morgan fingerprint density at radius 3 is 1.77 bits per heavy atom. The Hall–Kier alpha value is -4.25. The molecule has 4 aromatic carbocycles. The lowest BCUT2D eigenvalue weighted by molar-refractivity contribution is 0.102. The van der Waals surface area contributed by atoms with Crippen molar-refractivity contribution in [3.05, 3.63) is 119 Å². The van der Waals surface area contributed by atoms with Crippen LogP contribution in [0.2, 0.25) is 0 Å². The lowest BCUT2D eigenvalue weighted by Crippen LogP contribution is -2.15. The van der Waals surface area contributed by atoms with Gasteiger partial charge in [-0.2, -0.15) is 0 Å². The van der Waals surface area contributed by atoms with Gasteiger partial charge in [-0.05, 0) is 71.3 Å². The van der Waals surface area contributed by atoms with E-state index < -0.39 is 0 Å². The van der Waals surface area contributed by atoms with Gasteiger partial charge in [-0.15, -0.1) is 0 Å². The zero-order chi connectivity index (χ0) is 21.8. The monoisotopic (exact) mass is 410 g/mol. The number of carbonyl (C=O) groups is 1. The fourth-order valence-corrected chi connectivity index (χ4v) is 3.58. The van der Waals surface area contributed by atoms with E-state index in [1.165, 1.54) is 0 Å². The predicted octanol–water partition coefficient (Wildman–Crippen LogP) is 5.11. The minimum atomic E-state index is -0.234. The van der Waals surface area contributed by atoms with Gasteiger partial charge in [0, 0.05) is 22.9 Å². The van der Waals surface area contributed by atoms with Gasteiger partial charge in [-0.25, -0.2) is 0 Å². The number of phenolic OH excluding ortho intramolecular Hbond substituents is 2. The van der Waals surface area contributed by atoms with Crippen LogP contribution in [0, 0.1) is 0 Å². The van der Waals surface area contributed by atoms with E-state index in [4.69, 9.17) is 5.73 Å². The molecule has 0 aliphatic carbocycles. The van der Waals surface area contributed by atoms with E-state index in [-0.39, 0.29) is 23.3 Å². The van der Waals surface area contributed by atoms with Crippen molar-refractivity contribution in [3.63, 3.8) is 0 Å². The highest BCUT2D eigenvalue weighted by Crippen LogP contribution is 2.37. The summed E-state index contributed by atoms with van der Waals surface area (Å²) in [6, 6.07) is 28.3. The van der Waals surface area contributed by atoms with E-state index in [9.17, 15) is 15.0 Å². The Bertz CT molecular complexity index is 1140. The minimum Gasteiger partial charge on any atom is -0.508 e. The molecule has 0 bridgehead atoms. The van der Waals surface area contributed by atoms with E-state index in [1.807, 2.05) is 48.5 Å². The third kappa shape index (κ3) is 4.51. The van der Waals surface area contributed by atoms with Crippen LogP contribution >= 0.6 is 0 Å². The quantitative estimate of drug-likeness (QED) is 0.271. The molecule has 0 spiro atoms. The van der Waals surface area contributed by atoms with Gasteiger partial charge in [-0.1, -0.05) is 42.5 Å². The van der Waals surface area contributed by atoms with Gasteiger partial charge >= 0.3 is 0 Å². The van der Waals surface area contributed by atoms with Crippen molar-refractivity contribution in [3.8, 4) is 11.5 Å². The van der Waals surface area contributed by atoms with E-state index in [0.29, 0.717) is 16.9 Å². The van der Waals surface area contributed by atoms with Gasteiger partial charge in [0.05, 0.1) is 0 Å². The van der Waals surface area contributed by atoms with Crippen LogP contribution in [0.15, 0.2) is 97.1 Å². The molecule has 4 rings (SSSR count). The van der Waals surface area contributed by atoms with Crippen molar-refractivity contribution in [2.24, 2.45) is 0 Å². The zero-order valence-electron chi connectivity index (χ0n) is 16.7. The maximum atomic E-state index is 12.8. The number of rotatable bonds is 5. The second-order valence-corrected chi connectivity index (χ2v) is 7.28. The van der Waals surface area contributed by atoms with Gasteiger partial charge < -0.3 is 21.3 Å². The highest BCUT2D eigenvalue weighted by atomic mass is 16.3. The molecule has 5 heteroatoms. The van der Waals surface area contributed by atoms with E-state index >= 15 is 0 Å². The number of benzene rings is 4. The summed E-state index contributed by atoms with van der Waals surface area (Å²) < 4.78 is 0. The summed E-state index contributed by atoms with van der Waals surface area (Å²) in [4.78, 5) is 12.8. The SMILES string of the molecule is Nc1ccc(C(=O)Nc2ccccc2C(c2ccc(O)cc2)c2ccc(O)cc2)cc1. The number of carbonyl (C=O) groups excluding carboxylic acids is 1. The zero-order valence-corrected chi connectivity index (χ0v) is 16.7. The Morgan fingerprint density at radius 2 is 1.23 bits per heavy atom. The Morgan fingerprint density at radius 1 is 0.710 bits per heavy atom. The summed E-state index contributed by atoms with van der Waals surface area (Å²) in [5.41, 5.74) is 10.3. The molecule has 5 nitrogen and oxygen atoms in total. The molecule has 1 amide bonds. The third-order valence-electron chi connectivity index (χ3n) is 5.15. The molecule has 0 aliphatic rings. The normalized spacial score (nSPS) is 10.7. The summed E-state index contributed by atoms with van der Waals surface area (Å²) in [6.45, 7) is 0. The third-order valence-corrected chi connectivity index (χ3v) is 5.15. The van der Waals surface area contributed by atoms with Gasteiger partial charge in [0.25, 0.3) is 5.91 Å². The van der Waals surface area contributed by atoms with Crippen LogP contribution in [0.3, 0.4) is 0 Å². The maximum absolute atomic E-state index is 12.8. The summed E-state index contributed by atoms with van der Waals surface area (Å²) in [5.74, 6) is -0.0944. The van der Waals surface area contributed by atoms with Crippen molar-refractivity contribution < 1.29 is 15.0 Å². The average molecular weight is 410 g/mol. The fraction of sp³-hybridized carbons (Fsp3) is 0.0385. The Kier molecular flexibility index (Phi) is 5.58. The maximum Gasteiger partial charge on any atom is 0.255 e.